The Labute approximate surface area is 151 Å². The van der Waals surface area contributed by atoms with Gasteiger partial charge < -0.3 is 0 Å². The highest BCUT2D eigenvalue weighted by Gasteiger charge is 2.12. The molecule has 0 atom stereocenters. The fourth-order valence-corrected chi connectivity index (χ4v) is 3.81. The molecule has 0 amide bonds. The van der Waals surface area contributed by atoms with Crippen molar-refractivity contribution in [3.05, 3.63) is 63.7 Å². The van der Waals surface area contributed by atoms with Crippen molar-refractivity contribution in [1.82, 2.24) is 4.98 Å². The second kappa shape index (κ2) is 7.04. The third-order valence-electron chi connectivity index (χ3n) is 3.83. The Bertz CT molecular complexity index is 870. The molecule has 1 heterocycles. The van der Waals surface area contributed by atoms with E-state index in [0.29, 0.717) is 10.9 Å². The van der Waals surface area contributed by atoms with E-state index in [4.69, 9.17) is 16.6 Å². The summed E-state index contributed by atoms with van der Waals surface area (Å²) in [5, 5.41) is 3.58. The molecule has 0 radical (unpaired) electrons. The molecule has 0 saturated heterocycles. The zero-order valence-electron chi connectivity index (χ0n) is 13.9. The van der Waals surface area contributed by atoms with Crippen molar-refractivity contribution in [1.29, 1.82) is 0 Å². The van der Waals surface area contributed by atoms with Gasteiger partial charge in [0.05, 0.1) is 10.7 Å². The Morgan fingerprint density at radius 2 is 1.96 bits per heavy atom. The van der Waals surface area contributed by atoms with Gasteiger partial charge in [-0.1, -0.05) is 37.6 Å². The van der Waals surface area contributed by atoms with E-state index < -0.39 is 0 Å². The SMILES string of the molecule is Cc1ccc(-c2csc(-c3ccc(F)c(CC(C)C)c3)n2)c(Cl)c1. The average molecular weight is 360 g/mol. The predicted octanol–water partition coefficient (Wildman–Crippen LogP) is 6.78. The second-order valence-corrected chi connectivity index (χ2v) is 7.69. The molecule has 124 valence electrons. The molecule has 1 nitrogen and oxygen atoms in total. The standard InChI is InChI=1S/C20H19ClFNS/c1-12(2)8-15-10-14(5-7-18(15)22)20-23-19(11-24-20)16-6-4-13(3)9-17(16)21/h4-7,9-12H,8H2,1-3H3. The molecule has 0 fully saturated rings. The minimum atomic E-state index is -0.147. The minimum Gasteiger partial charge on any atom is -0.236 e. The van der Waals surface area contributed by atoms with Crippen molar-refractivity contribution < 1.29 is 4.39 Å². The van der Waals surface area contributed by atoms with Gasteiger partial charge in [0.25, 0.3) is 0 Å². The summed E-state index contributed by atoms with van der Waals surface area (Å²) in [6.45, 7) is 6.19. The number of nitrogens with zero attached hydrogens (tertiary/aromatic N) is 1. The third-order valence-corrected chi connectivity index (χ3v) is 5.03. The van der Waals surface area contributed by atoms with E-state index in [9.17, 15) is 4.39 Å². The first kappa shape index (κ1) is 17.1. The van der Waals surface area contributed by atoms with Crippen LogP contribution in [0.15, 0.2) is 41.8 Å². The van der Waals surface area contributed by atoms with Gasteiger partial charge in [0.15, 0.2) is 0 Å². The topological polar surface area (TPSA) is 12.9 Å². The molecular weight excluding hydrogens is 341 g/mol. The summed E-state index contributed by atoms with van der Waals surface area (Å²) in [5.41, 5.74) is 4.60. The van der Waals surface area contributed by atoms with E-state index >= 15 is 0 Å². The van der Waals surface area contributed by atoms with Crippen molar-refractivity contribution in [3.63, 3.8) is 0 Å². The highest BCUT2D eigenvalue weighted by atomic mass is 35.5. The summed E-state index contributed by atoms with van der Waals surface area (Å²) in [7, 11) is 0. The lowest BCUT2D eigenvalue weighted by Gasteiger charge is -2.08. The van der Waals surface area contributed by atoms with Crippen LogP contribution in [0, 0.1) is 18.7 Å². The largest absolute Gasteiger partial charge is 0.236 e. The van der Waals surface area contributed by atoms with Gasteiger partial charge in [-0.2, -0.15) is 0 Å². The molecule has 0 aliphatic rings. The molecule has 3 aromatic rings. The zero-order chi connectivity index (χ0) is 17.3. The van der Waals surface area contributed by atoms with Crippen LogP contribution in [0.5, 0.6) is 0 Å². The van der Waals surface area contributed by atoms with Crippen molar-refractivity contribution >= 4 is 22.9 Å². The Kier molecular flexibility index (Phi) is 5.02. The lowest BCUT2D eigenvalue weighted by atomic mass is 10.0. The molecule has 1 aromatic heterocycles. The molecule has 0 aliphatic heterocycles. The first-order valence-corrected chi connectivity index (χ1v) is 9.20. The van der Waals surface area contributed by atoms with E-state index in [0.717, 1.165) is 39.4 Å². The van der Waals surface area contributed by atoms with Gasteiger partial charge in [0.1, 0.15) is 10.8 Å². The van der Waals surface area contributed by atoms with Crippen LogP contribution in [0.25, 0.3) is 21.8 Å². The predicted molar refractivity (Wildman–Crippen MR) is 101 cm³/mol. The summed E-state index contributed by atoms with van der Waals surface area (Å²) in [6.07, 6.45) is 0.724. The summed E-state index contributed by atoms with van der Waals surface area (Å²) in [4.78, 5) is 4.70. The van der Waals surface area contributed by atoms with Crippen molar-refractivity contribution in [2.45, 2.75) is 27.2 Å². The maximum absolute atomic E-state index is 14.0. The Balaban J connectivity index is 1.96. The molecule has 0 saturated carbocycles. The number of thiazole rings is 1. The summed E-state index contributed by atoms with van der Waals surface area (Å²) >= 11 is 7.89. The van der Waals surface area contributed by atoms with E-state index in [1.807, 2.05) is 36.6 Å². The normalized spacial score (nSPS) is 11.2. The number of hydrogen-bond donors (Lipinski definition) is 0. The van der Waals surface area contributed by atoms with Crippen molar-refractivity contribution in [2.75, 3.05) is 0 Å². The number of halogens is 2. The Hall–Kier alpha value is -1.71. The quantitative estimate of drug-likeness (QED) is 0.500. The second-order valence-electron chi connectivity index (χ2n) is 6.43. The highest BCUT2D eigenvalue weighted by molar-refractivity contribution is 7.13. The van der Waals surface area contributed by atoms with Crippen LogP contribution in [0.1, 0.15) is 25.0 Å². The van der Waals surface area contributed by atoms with Crippen LogP contribution in [-0.2, 0) is 6.42 Å². The summed E-state index contributed by atoms with van der Waals surface area (Å²) in [5.74, 6) is 0.263. The molecule has 0 N–H and O–H groups in total. The van der Waals surface area contributed by atoms with E-state index in [1.54, 1.807) is 17.4 Å². The number of benzene rings is 2. The van der Waals surface area contributed by atoms with Gasteiger partial charge in [-0.05, 0) is 54.7 Å². The van der Waals surface area contributed by atoms with Gasteiger partial charge in [-0.25, -0.2) is 9.37 Å². The Morgan fingerprint density at radius 3 is 2.67 bits per heavy atom. The molecule has 0 aliphatic carbocycles. The molecular formula is C20H19ClFNS. The Morgan fingerprint density at radius 1 is 1.17 bits per heavy atom. The van der Waals surface area contributed by atoms with Gasteiger partial charge >= 0.3 is 0 Å². The fraction of sp³-hybridized carbons (Fsp3) is 0.250. The van der Waals surface area contributed by atoms with E-state index in [-0.39, 0.29) is 5.82 Å². The first-order valence-electron chi connectivity index (χ1n) is 7.95. The van der Waals surface area contributed by atoms with Gasteiger partial charge in [0.2, 0.25) is 0 Å². The molecule has 24 heavy (non-hydrogen) atoms. The number of aromatic nitrogens is 1. The summed E-state index contributed by atoms with van der Waals surface area (Å²) in [6, 6.07) is 11.2. The maximum atomic E-state index is 14.0. The molecule has 4 heteroatoms. The lowest BCUT2D eigenvalue weighted by Crippen LogP contribution is -1.97. The van der Waals surface area contributed by atoms with Crippen molar-refractivity contribution in [2.24, 2.45) is 5.92 Å². The van der Waals surface area contributed by atoms with E-state index in [2.05, 4.69) is 13.8 Å². The molecule has 0 unspecified atom stereocenters. The molecule has 3 rings (SSSR count). The van der Waals surface area contributed by atoms with E-state index in [1.165, 1.54) is 6.07 Å². The number of hydrogen-bond acceptors (Lipinski definition) is 2. The molecule has 2 aromatic carbocycles. The van der Waals surface area contributed by atoms with Gasteiger partial charge in [0, 0.05) is 16.5 Å². The van der Waals surface area contributed by atoms with Crippen molar-refractivity contribution in [3.8, 4) is 21.8 Å². The average Bonchev–Trinajstić information content (AvgIpc) is 2.98. The highest BCUT2D eigenvalue weighted by Crippen LogP contribution is 2.33. The maximum Gasteiger partial charge on any atom is 0.126 e. The van der Waals surface area contributed by atoms with Gasteiger partial charge in [-0.15, -0.1) is 11.3 Å². The monoisotopic (exact) mass is 359 g/mol. The van der Waals surface area contributed by atoms with Crippen LogP contribution >= 0.6 is 22.9 Å². The van der Waals surface area contributed by atoms with Crippen LogP contribution < -0.4 is 0 Å². The van der Waals surface area contributed by atoms with Crippen LogP contribution in [0.4, 0.5) is 4.39 Å². The van der Waals surface area contributed by atoms with Crippen LogP contribution in [0.2, 0.25) is 5.02 Å². The zero-order valence-corrected chi connectivity index (χ0v) is 15.5. The minimum absolute atomic E-state index is 0.147. The number of rotatable bonds is 4. The lowest BCUT2D eigenvalue weighted by molar-refractivity contribution is 0.574. The smallest absolute Gasteiger partial charge is 0.126 e. The summed E-state index contributed by atoms with van der Waals surface area (Å²) < 4.78 is 14.0. The van der Waals surface area contributed by atoms with Crippen LogP contribution in [0.3, 0.4) is 0 Å². The number of aryl methyl sites for hydroxylation is 1. The first-order chi connectivity index (χ1) is 11.4. The third kappa shape index (κ3) is 3.68. The molecule has 0 spiro atoms. The van der Waals surface area contributed by atoms with Crippen LogP contribution in [-0.4, -0.2) is 4.98 Å². The fourth-order valence-electron chi connectivity index (χ4n) is 2.66. The molecule has 0 bridgehead atoms. The van der Waals surface area contributed by atoms with Gasteiger partial charge in [-0.3, -0.25) is 0 Å².